The van der Waals surface area contributed by atoms with Crippen LogP contribution in [0.2, 0.25) is 0 Å². The molecule has 0 radical (unpaired) electrons. The van der Waals surface area contributed by atoms with E-state index in [4.69, 9.17) is 0 Å². The minimum Gasteiger partial charge on any atom is -0.309 e. The molecule has 2 heterocycles. The number of benzene rings is 6. The quantitative estimate of drug-likeness (QED) is 0.162. The van der Waals surface area contributed by atoms with Gasteiger partial charge in [0.25, 0.3) is 0 Å². The molecule has 0 aliphatic rings. The summed E-state index contributed by atoms with van der Waals surface area (Å²) in [5, 5.41) is 3.26. The zero-order valence-corrected chi connectivity index (χ0v) is 29.8. The Kier molecular flexibility index (Phi) is 7.48. The van der Waals surface area contributed by atoms with Gasteiger partial charge in [0.2, 0.25) is 0 Å². The molecule has 2 nitrogen and oxygen atoms in total. The van der Waals surface area contributed by atoms with Gasteiger partial charge in [-0.15, -0.1) is 0 Å². The fraction of sp³-hybridized carbons (Fsp3) is 0.200. The van der Waals surface area contributed by atoms with Crippen molar-refractivity contribution in [3.8, 4) is 22.5 Å². The molecule has 0 saturated carbocycles. The molecule has 0 N–H and O–H groups in total. The molecule has 0 bridgehead atoms. The Morgan fingerprint density at radius 1 is 0.423 bits per heavy atom. The summed E-state index contributed by atoms with van der Waals surface area (Å²) in [4.78, 5) is 0. The number of halogens is 5. The Labute approximate surface area is 298 Å². The molecule has 7 heteroatoms. The van der Waals surface area contributed by atoms with Crippen LogP contribution in [0.25, 0.3) is 66.1 Å². The van der Waals surface area contributed by atoms with Gasteiger partial charge in [0, 0.05) is 21.5 Å². The fourth-order valence-electron chi connectivity index (χ4n) is 7.50. The summed E-state index contributed by atoms with van der Waals surface area (Å²) in [5.41, 5.74) is 3.60. The zero-order valence-electron chi connectivity index (χ0n) is 29.8. The lowest BCUT2D eigenvalue weighted by molar-refractivity contribution is -0.137. The van der Waals surface area contributed by atoms with Crippen LogP contribution in [0.15, 0.2) is 115 Å². The molecule has 0 atom stereocenters. The third kappa shape index (κ3) is 5.37. The average molecular weight is 701 g/mol. The van der Waals surface area contributed by atoms with Crippen LogP contribution in [-0.4, -0.2) is 9.13 Å². The topological polar surface area (TPSA) is 9.86 Å². The maximum Gasteiger partial charge on any atom is 0.420 e. The predicted molar refractivity (Wildman–Crippen MR) is 203 cm³/mol. The van der Waals surface area contributed by atoms with E-state index in [1.54, 1.807) is 9.13 Å². The highest BCUT2D eigenvalue weighted by atomic mass is 19.4. The van der Waals surface area contributed by atoms with E-state index in [1.165, 1.54) is 18.2 Å². The first-order valence-corrected chi connectivity index (χ1v) is 17.3. The normalized spacial score (nSPS) is 12.9. The molecule has 0 amide bonds. The SMILES string of the molecule is CC(C)(C)c1ccc2c(c1)c1ccccc1n2-c1cc(-c2ccc(F)c(F)c2)cc(-n2c3ccccc3c3cc(C(C)(C)C)ccc32)c1C(F)(F)F. The second kappa shape index (κ2) is 11.5. The van der Waals surface area contributed by atoms with E-state index in [2.05, 4.69) is 53.7 Å². The molecule has 2 aromatic heterocycles. The lowest BCUT2D eigenvalue weighted by atomic mass is 9.86. The van der Waals surface area contributed by atoms with Crippen molar-refractivity contribution in [2.24, 2.45) is 0 Å². The van der Waals surface area contributed by atoms with Crippen LogP contribution >= 0.6 is 0 Å². The summed E-state index contributed by atoms with van der Waals surface area (Å²) in [5.74, 6) is -2.12. The fourth-order valence-corrected chi connectivity index (χ4v) is 7.50. The van der Waals surface area contributed by atoms with E-state index in [9.17, 15) is 8.78 Å². The number of alkyl halides is 3. The van der Waals surface area contributed by atoms with Crippen LogP contribution in [0.1, 0.15) is 58.2 Å². The molecule has 0 aliphatic carbocycles. The lowest BCUT2D eigenvalue weighted by Gasteiger charge is -2.24. The summed E-state index contributed by atoms with van der Waals surface area (Å²) >= 11 is 0. The van der Waals surface area contributed by atoms with Gasteiger partial charge in [0.1, 0.15) is 5.56 Å². The summed E-state index contributed by atoms with van der Waals surface area (Å²) in [6, 6.07) is 33.0. The van der Waals surface area contributed by atoms with Crippen LogP contribution in [0, 0.1) is 11.6 Å². The Bertz CT molecular complexity index is 2560. The van der Waals surface area contributed by atoms with Crippen molar-refractivity contribution in [2.45, 2.75) is 58.5 Å². The molecule has 6 aromatic carbocycles. The predicted octanol–water partition coefficient (Wildman–Crippen LogP) is 13.4. The summed E-state index contributed by atoms with van der Waals surface area (Å²) in [6.45, 7) is 12.6. The van der Waals surface area contributed by atoms with Gasteiger partial charge in [-0.1, -0.05) is 96.1 Å². The van der Waals surface area contributed by atoms with Gasteiger partial charge in [0.15, 0.2) is 11.6 Å². The Morgan fingerprint density at radius 3 is 1.29 bits per heavy atom. The van der Waals surface area contributed by atoms with Gasteiger partial charge in [-0.2, -0.15) is 13.2 Å². The minimum absolute atomic E-state index is 0.114. The number of rotatable bonds is 3. The van der Waals surface area contributed by atoms with Crippen LogP contribution < -0.4 is 0 Å². The van der Waals surface area contributed by atoms with Crippen molar-refractivity contribution >= 4 is 43.6 Å². The van der Waals surface area contributed by atoms with Gasteiger partial charge in [-0.25, -0.2) is 8.78 Å². The molecule has 0 spiro atoms. The largest absolute Gasteiger partial charge is 0.420 e. The van der Waals surface area contributed by atoms with Gasteiger partial charge < -0.3 is 9.13 Å². The molecular formula is C45H37F5N2. The standard InChI is InChI=1S/C45H37F5N2/c1-43(2,3)28-16-19-38-32(24-28)30-11-7-9-13-36(30)51(38)40-22-27(26-15-18-34(46)35(47)21-26)23-41(42(40)45(48,49)50)52-37-14-10-8-12-31(37)33-25-29(44(4,5)6)17-20-39(33)52/h7-25H,1-6H3. The number of aromatic nitrogens is 2. The highest BCUT2D eigenvalue weighted by Crippen LogP contribution is 2.47. The van der Waals surface area contributed by atoms with E-state index in [1.807, 2.05) is 72.8 Å². The first kappa shape index (κ1) is 33.7. The Hall–Kier alpha value is -5.43. The van der Waals surface area contributed by atoms with E-state index >= 15 is 13.2 Å². The smallest absolute Gasteiger partial charge is 0.309 e. The first-order chi connectivity index (χ1) is 24.5. The first-order valence-electron chi connectivity index (χ1n) is 17.3. The van der Waals surface area contributed by atoms with E-state index in [0.717, 1.165) is 44.8 Å². The van der Waals surface area contributed by atoms with Crippen molar-refractivity contribution in [3.63, 3.8) is 0 Å². The molecule has 262 valence electrons. The van der Waals surface area contributed by atoms with Crippen molar-refractivity contribution in [1.29, 1.82) is 0 Å². The highest BCUT2D eigenvalue weighted by Gasteiger charge is 2.39. The van der Waals surface area contributed by atoms with Gasteiger partial charge in [-0.3, -0.25) is 0 Å². The summed E-state index contributed by atoms with van der Waals surface area (Å²) in [6.07, 6.45) is -4.83. The van der Waals surface area contributed by atoms with Gasteiger partial charge >= 0.3 is 6.18 Å². The molecular weight excluding hydrogens is 663 g/mol. The molecule has 0 aliphatic heterocycles. The highest BCUT2D eigenvalue weighted by molar-refractivity contribution is 6.11. The molecule has 0 unspecified atom stereocenters. The molecule has 0 fully saturated rings. The van der Waals surface area contributed by atoms with Crippen molar-refractivity contribution in [1.82, 2.24) is 9.13 Å². The zero-order chi connectivity index (χ0) is 36.9. The van der Waals surface area contributed by atoms with E-state index < -0.39 is 23.4 Å². The van der Waals surface area contributed by atoms with Crippen LogP contribution in [0.3, 0.4) is 0 Å². The van der Waals surface area contributed by atoms with Gasteiger partial charge in [-0.05, 0) is 93.7 Å². The van der Waals surface area contributed by atoms with Crippen LogP contribution in [0.5, 0.6) is 0 Å². The Balaban J connectivity index is 1.57. The Morgan fingerprint density at radius 2 is 0.865 bits per heavy atom. The van der Waals surface area contributed by atoms with Crippen LogP contribution in [-0.2, 0) is 17.0 Å². The number of fused-ring (bicyclic) bond motifs is 6. The molecule has 0 saturated heterocycles. The number of hydrogen-bond donors (Lipinski definition) is 0. The van der Waals surface area contributed by atoms with Crippen molar-refractivity contribution < 1.29 is 22.0 Å². The monoisotopic (exact) mass is 700 g/mol. The van der Waals surface area contributed by atoms with Gasteiger partial charge in [0.05, 0.1) is 33.4 Å². The van der Waals surface area contributed by atoms with Crippen molar-refractivity contribution in [3.05, 3.63) is 144 Å². The number of hydrogen-bond acceptors (Lipinski definition) is 0. The summed E-state index contributed by atoms with van der Waals surface area (Å²) < 4.78 is 80.5. The molecule has 52 heavy (non-hydrogen) atoms. The van der Waals surface area contributed by atoms with Crippen LogP contribution in [0.4, 0.5) is 22.0 Å². The third-order valence-electron chi connectivity index (χ3n) is 10.2. The molecule has 8 aromatic rings. The van der Waals surface area contributed by atoms with Crippen molar-refractivity contribution in [2.75, 3.05) is 0 Å². The second-order valence-electron chi connectivity index (χ2n) is 15.7. The minimum atomic E-state index is -4.83. The molecule has 8 rings (SSSR count). The lowest BCUT2D eigenvalue weighted by Crippen LogP contribution is -2.16. The number of nitrogens with zero attached hydrogens (tertiary/aromatic N) is 2. The second-order valence-corrected chi connectivity index (χ2v) is 15.7. The average Bonchev–Trinajstić information content (AvgIpc) is 3.60. The third-order valence-corrected chi connectivity index (χ3v) is 10.2. The maximum atomic E-state index is 16.0. The number of para-hydroxylation sites is 2. The van der Waals surface area contributed by atoms with E-state index in [-0.39, 0.29) is 27.8 Å². The van der Waals surface area contributed by atoms with E-state index in [0.29, 0.717) is 27.6 Å². The maximum absolute atomic E-state index is 16.0. The summed E-state index contributed by atoms with van der Waals surface area (Å²) in [7, 11) is 0.